The Bertz CT molecular complexity index is 3810. The minimum atomic E-state index is -3.00. The van der Waals surface area contributed by atoms with Gasteiger partial charge in [-0.2, -0.15) is 0 Å². The van der Waals surface area contributed by atoms with Crippen LogP contribution in [-0.2, 0) is 0 Å². The van der Waals surface area contributed by atoms with E-state index in [1.165, 1.54) is 116 Å². The summed E-state index contributed by atoms with van der Waals surface area (Å²) in [6, 6.07) is 64.7. The van der Waals surface area contributed by atoms with Gasteiger partial charge < -0.3 is 0 Å². The van der Waals surface area contributed by atoms with Crippen LogP contribution in [0.5, 0.6) is 23.0 Å². The van der Waals surface area contributed by atoms with E-state index in [2.05, 4.69) is 231 Å². The number of benzene rings is 10. The summed E-state index contributed by atoms with van der Waals surface area (Å²) in [4.78, 5) is 10.2. The second kappa shape index (κ2) is 14.5. The van der Waals surface area contributed by atoms with Crippen LogP contribution in [0, 0.1) is 41.5 Å². The molecule has 8 heteroatoms. The summed E-state index contributed by atoms with van der Waals surface area (Å²) in [5.74, 6) is 3.95. The molecule has 6 heterocycles. The molecule has 16 rings (SSSR count). The van der Waals surface area contributed by atoms with Crippen LogP contribution >= 0.6 is 0 Å². The van der Waals surface area contributed by atoms with Gasteiger partial charge in [0.05, 0.1) is 0 Å². The molecule has 0 saturated carbocycles. The molecule has 0 aromatic heterocycles. The van der Waals surface area contributed by atoms with E-state index in [-0.39, 0.29) is 0 Å². The summed E-state index contributed by atoms with van der Waals surface area (Å²) in [6.07, 6.45) is 0. The van der Waals surface area contributed by atoms with Crippen LogP contribution in [0.3, 0.4) is 0 Å². The predicted molar refractivity (Wildman–Crippen MR) is 303 cm³/mol. The number of aryl methyl sites for hydroxylation is 6. The Morgan fingerprint density at radius 2 is 0.597 bits per heavy atom. The Hall–Kier alpha value is -7.65. The van der Waals surface area contributed by atoms with Crippen LogP contribution in [0.1, 0.15) is 33.4 Å². The van der Waals surface area contributed by atoms with Gasteiger partial charge in [0.25, 0.3) is 0 Å². The van der Waals surface area contributed by atoms with E-state index in [1.807, 2.05) is 0 Å². The van der Waals surface area contributed by atoms with E-state index in [1.54, 1.807) is 0 Å². The number of nitrogens with zero attached hydrogens (tertiary/aromatic N) is 4. The molecule has 6 aliphatic heterocycles. The van der Waals surface area contributed by atoms with Crippen molar-refractivity contribution in [3.05, 3.63) is 203 Å². The van der Waals surface area contributed by atoms with Crippen molar-refractivity contribution < 1.29 is 9.47 Å². The van der Waals surface area contributed by atoms with Crippen molar-refractivity contribution >= 4 is 134 Å². The Morgan fingerprint density at radius 3 is 0.944 bits per heavy atom. The van der Waals surface area contributed by atoms with Gasteiger partial charge in [-0.05, 0) is 0 Å². The van der Waals surface area contributed by atoms with Crippen LogP contribution in [0.15, 0.2) is 170 Å². The van der Waals surface area contributed by atoms with Gasteiger partial charge in [-0.3, -0.25) is 0 Å². The number of rotatable bonds is 4. The third-order valence-corrected chi connectivity index (χ3v) is 30.8. The van der Waals surface area contributed by atoms with Crippen molar-refractivity contribution in [2.24, 2.45) is 0 Å². The van der Waals surface area contributed by atoms with Gasteiger partial charge in [0.15, 0.2) is 0 Å². The topological polar surface area (TPSA) is 31.4 Å². The molecule has 2 unspecified atom stereocenters. The van der Waals surface area contributed by atoms with Crippen molar-refractivity contribution in [2.75, 3.05) is 19.6 Å². The van der Waals surface area contributed by atoms with Gasteiger partial charge in [-0.25, -0.2) is 0 Å². The van der Waals surface area contributed by atoms with Gasteiger partial charge in [-0.15, -0.1) is 0 Å². The zero-order chi connectivity index (χ0) is 48.0. The number of hydrogen-bond donors (Lipinski definition) is 0. The van der Waals surface area contributed by atoms with Gasteiger partial charge in [0.1, 0.15) is 0 Å². The Kier molecular flexibility index (Phi) is 8.25. The molecule has 0 saturated heterocycles. The van der Waals surface area contributed by atoms with E-state index < -0.39 is 28.7 Å². The van der Waals surface area contributed by atoms with Gasteiger partial charge in [-0.1, -0.05) is 0 Å². The fraction of sp³-hybridized carbons (Fsp3) is 0.0938. The molecule has 0 fully saturated rings. The standard InChI is InChI=1S/C64H48Ge2N4O2/c1-35-13-21-41(22-14-35)67-47-9-7-11-53-59(47)65-57-49(67)29-39(5)31-51(57)69(43-25-17-37(3)18-26-43)63-45-34-56-62-64(46(45)33-55(71-53)61(63)65)70(44-27-19-38(4)20-28-44)52-32-40(6)30-50-58(52)66(62)60-48(10-8-12-54(60)72-56)68(50)42-23-15-36(2)16-24-42/h7-34,65-66H,1-6H3. The first-order valence-electron chi connectivity index (χ1n) is 25.2. The van der Waals surface area contributed by atoms with E-state index in [0.29, 0.717) is 0 Å². The quantitative estimate of drug-likeness (QED) is 0.163. The van der Waals surface area contributed by atoms with Crippen molar-refractivity contribution in [1.29, 1.82) is 0 Å². The first-order valence-corrected chi connectivity index (χ1v) is 32.5. The summed E-state index contributed by atoms with van der Waals surface area (Å²) in [5.41, 5.74) is 22.1. The third kappa shape index (κ3) is 5.41. The Morgan fingerprint density at radius 1 is 0.278 bits per heavy atom. The minimum absolute atomic E-state index is 0.987. The Labute approximate surface area is 428 Å². The SMILES string of the molecule is Cc1ccc(N2c3cccc4[c]3[GeH]3[c]5c2cc(C)cc5N(c2ccc(C)cc2)c2[c]3c(cc3c5[c]6c(cc23)Oc2cccc3[c]2[GeH]6[c]2c(cc(C)cc2N5c2ccc(C)cc2)N3c2ccc(C)cc2)O4)cc1. The Balaban J connectivity index is 1.05. The number of hydrogen-bond acceptors (Lipinski definition) is 6. The molecule has 0 bridgehead atoms. The van der Waals surface area contributed by atoms with E-state index in [0.717, 1.165) is 45.7 Å². The van der Waals surface area contributed by atoms with Gasteiger partial charge >= 0.3 is 431 Å². The molecule has 6 nitrogen and oxygen atoms in total. The summed E-state index contributed by atoms with van der Waals surface area (Å²) in [6.45, 7) is 13.3. The molecule has 2 atom stereocenters. The second-order valence-corrected chi connectivity index (χ2v) is 31.8. The molecule has 6 aliphatic rings. The zero-order valence-corrected chi connectivity index (χ0v) is 45.8. The summed E-state index contributed by atoms with van der Waals surface area (Å²) < 4.78 is 23.6. The van der Waals surface area contributed by atoms with Crippen molar-refractivity contribution in [1.82, 2.24) is 0 Å². The first-order chi connectivity index (χ1) is 35.2. The molecule has 0 radical (unpaired) electrons. The van der Waals surface area contributed by atoms with Crippen LogP contribution in [0.2, 0.25) is 0 Å². The molecule has 0 N–H and O–H groups in total. The zero-order valence-electron chi connectivity index (χ0n) is 40.9. The van der Waals surface area contributed by atoms with Crippen LogP contribution in [-0.4, -0.2) is 28.7 Å². The number of ether oxygens (including phenoxy) is 2. The fourth-order valence-corrected chi connectivity index (χ4v) is 29.3. The van der Waals surface area contributed by atoms with Crippen molar-refractivity contribution in [3.63, 3.8) is 0 Å². The average Bonchev–Trinajstić information content (AvgIpc) is 3.38. The van der Waals surface area contributed by atoms with Crippen molar-refractivity contribution in [2.45, 2.75) is 41.5 Å². The molecule has 10 aromatic rings. The van der Waals surface area contributed by atoms with E-state index in [4.69, 9.17) is 9.47 Å². The summed E-state index contributed by atoms with van der Waals surface area (Å²) in [5, 5.41) is 2.39. The molecule has 10 aromatic carbocycles. The normalized spacial score (nSPS) is 16.3. The van der Waals surface area contributed by atoms with Crippen LogP contribution in [0.25, 0.3) is 10.8 Å². The predicted octanol–water partition coefficient (Wildman–Crippen LogP) is 12.5. The number of fused-ring (bicyclic) bond motifs is 3. The molecule has 0 spiro atoms. The molecular weight excluding hydrogens is 1000 g/mol. The monoisotopic (exact) mass is 1050 g/mol. The third-order valence-electron chi connectivity index (χ3n) is 16.3. The molecule has 0 aliphatic carbocycles. The number of anilines is 12. The second-order valence-electron chi connectivity index (χ2n) is 20.9. The first kappa shape index (κ1) is 41.0. The molecule has 72 heavy (non-hydrogen) atoms. The maximum atomic E-state index is 7.53. The van der Waals surface area contributed by atoms with E-state index in [9.17, 15) is 0 Å². The summed E-state index contributed by atoms with van der Waals surface area (Å²) >= 11 is -5.99. The van der Waals surface area contributed by atoms with Gasteiger partial charge in [0, 0.05) is 0 Å². The average molecular weight is 1050 g/mol. The summed E-state index contributed by atoms with van der Waals surface area (Å²) in [7, 11) is 0. The fourth-order valence-electron chi connectivity index (χ4n) is 13.2. The maximum absolute atomic E-state index is 7.53. The van der Waals surface area contributed by atoms with Crippen molar-refractivity contribution in [3.8, 4) is 23.0 Å². The van der Waals surface area contributed by atoms with Crippen LogP contribution in [0.4, 0.5) is 68.2 Å². The molecular formula is C64H48Ge2N4O2. The van der Waals surface area contributed by atoms with Crippen LogP contribution < -0.4 is 55.4 Å². The molecule has 0 amide bonds. The van der Waals surface area contributed by atoms with Gasteiger partial charge in [0.2, 0.25) is 0 Å². The van der Waals surface area contributed by atoms with E-state index >= 15 is 0 Å². The molecule has 344 valence electrons.